The molecule has 0 radical (unpaired) electrons. The molecule has 8 heteroatoms. The summed E-state index contributed by atoms with van der Waals surface area (Å²) in [4.78, 5) is 20.4. The summed E-state index contributed by atoms with van der Waals surface area (Å²) in [5, 5.41) is 6.35. The lowest BCUT2D eigenvalue weighted by Crippen LogP contribution is -2.25. The standard InChI is InChI=1S/C18H23ClN4O3/c1-4-5-6-7-20-18(24)14-10-22-17(11-21-14)23-13-9-15(25-2)12(19)8-16(13)26-3/h8-11H,4-7H2,1-3H3,(H,20,24)(H,22,23). The van der Waals surface area contributed by atoms with Gasteiger partial charge in [0.2, 0.25) is 0 Å². The number of benzene rings is 1. The molecule has 2 aromatic rings. The fourth-order valence-corrected chi connectivity index (χ4v) is 2.50. The monoisotopic (exact) mass is 378 g/mol. The van der Waals surface area contributed by atoms with Crippen molar-refractivity contribution in [3.8, 4) is 11.5 Å². The summed E-state index contributed by atoms with van der Waals surface area (Å²) in [5.74, 6) is 1.28. The summed E-state index contributed by atoms with van der Waals surface area (Å²) >= 11 is 6.10. The topological polar surface area (TPSA) is 85.4 Å². The third kappa shape index (κ3) is 5.23. The van der Waals surface area contributed by atoms with Crippen LogP contribution in [0, 0.1) is 0 Å². The van der Waals surface area contributed by atoms with Crippen molar-refractivity contribution in [1.29, 1.82) is 0 Å². The molecule has 26 heavy (non-hydrogen) atoms. The van der Waals surface area contributed by atoms with Crippen LogP contribution in [0.2, 0.25) is 5.02 Å². The van der Waals surface area contributed by atoms with Crippen LogP contribution in [0.5, 0.6) is 11.5 Å². The second kappa shape index (κ2) is 9.82. The minimum atomic E-state index is -0.231. The van der Waals surface area contributed by atoms with E-state index in [4.69, 9.17) is 21.1 Å². The predicted molar refractivity (Wildman–Crippen MR) is 102 cm³/mol. The maximum Gasteiger partial charge on any atom is 0.271 e. The molecule has 140 valence electrons. The highest BCUT2D eigenvalue weighted by molar-refractivity contribution is 6.32. The van der Waals surface area contributed by atoms with Gasteiger partial charge in [-0.25, -0.2) is 9.97 Å². The molecule has 2 rings (SSSR count). The number of nitrogens with one attached hydrogen (secondary N) is 2. The van der Waals surface area contributed by atoms with Crippen LogP contribution in [0.1, 0.15) is 36.7 Å². The highest BCUT2D eigenvalue weighted by Gasteiger charge is 2.12. The number of aromatic nitrogens is 2. The predicted octanol–water partition coefficient (Wildman–Crippen LogP) is 3.81. The van der Waals surface area contributed by atoms with Crippen molar-refractivity contribution in [2.45, 2.75) is 26.2 Å². The van der Waals surface area contributed by atoms with Crippen LogP contribution in [-0.2, 0) is 0 Å². The number of amides is 1. The molecule has 1 amide bonds. The first-order valence-corrected chi connectivity index (χ1v) is 8.75. The summed E-state index contributed by atoms with van der Waals surface area (Å²) in [6, 6.07) is 3.35. The number of methoxy groups -OCH3 is 2. The molecule has 0 bridgehead atoms. The zero-order valence-electron chi connectivity index (χ0n) is 15.1. The van der Waals surface area contributed by atoms with Crippen molar-refractivity contribution in [2.24, 2.45) is 0 Å². The van der Waals surface area contributed by atoms with Gasteiger partial charge in [-0.1, -0.05) is 31.4 Å². The average molecular weight is 379 g/mol. The smallest absolute Gasteiger partial charge is 0.271 e. The van der Waals surface area contributed by atoms with E-state index in [2.05, 4.69) is 27.5 Å². The molecule has 0 saturated carbocycles. The second-order valence-electron chi connectivity index (χ2n) is 5.56. The van der Waals surface area contributed by atoms with Crippen LogP contribution in [-0.4, -0.2) is 36.6 Å². The molecule has 0 fully saturated rings. The molecule has 1 aromatic heterocycles. The minimum absolute atomic E-state index is 0.231. The van der Waals surface area contributed by atoms with Crippen LogP contribution < -0.4 is 20.1 Å². The average Bonchev–Trinajstić information content (AvgIpc) is 2.66. The molecule has 0 aliphatic rings. The number of carbonyl (C=O) groups is 1. The van der Waals surface area contributed by atoms with E-state index in [1.165, 1.54) is 19.5 Å². The van der Waals surface area contributed by atoms with Gasteiger partial charge in [0.05, 0.1) is 37.3 Å². The quantitative estimate of drug-likeness (QED) is 0.645. The van der Waals surface area contributed by atoms with Crippen LogP contribution in [0.3, 0.4) is 0 Å². The molecule has 0 atom stereocenters. The Morgan fingerprint density at radius 3 is 2.50 bits per heavy atom. The van der Waals surface area contributed by atoms with E-state index in [0.717, 1.165) is 19.3 Å². The van der Waals surface area contributed by atoms with E-state index in [1.54, 1.807) is 19.2 Å². The lowest BCUT2D eigenvalue weighted by atomic mass is 10.2. The van der Waals surface area contributed by atoms with Crippen LogP contribution >= 0.6 is 11.6 Å². The van der Waals surface area contributed by atoms with Crippen molar-refractivity contribution in [1.82, 2.24) is 15.3 Å². The number of nitrogens with zero attached hydrogens (tertiary/aromatic N) is 2. The van der Waals surface area contributed by atoms with Crippen LogP contribution in [0.15, 0.2) is 24.5 Å². The number of ether oxygens (including phenoxy) is 2. The Balaban J connectivity index is 2.06. The molecule has 0 spiro atoms. The Morgan fingerprint density at radius 1 is 1.12 bits per heavy atom. The van der Waals surface area contributed by atoms with Crippen molar-refractivity contribution in [2.75, 3.05) is 26.1 Å². The maximum atomic E-state index is 12.0. The number of hydrogen-bond acceptors (Lipinski definition) is 6. The van der Waals surface area contributed by atoms with Crippen molar-refractivity contribution in [3.63, 3.8) is 0 Å². The van der Waals surface area contributed by atoms with Crippen molar-refractivity contribution in [3.05, 3.63) is 35.2 Å². The largest absolute Gasteiger partial charge is 0.495 e. The number of hydrogen-bond donors (Lipinski definition) is 2. The zero-order chi connectivity index (χ0) is 18.9. The highest BCUT2D eigenvalue weighted by Crippen LogP contribution is 2.36. The van der Waals surface area contributed by atoms with E-state index in [1.807, 2.05) is 0 Å². The van der Waals surface area contributed by atoms with Gasteiger partial charge < -0.3 is 20.1 Å². The molecule has 7 nitrogen and oxygen atoms in total. The van der Waals surface area contributed by atoms with Gasteiger partial charge >= 0.3 is 0 Å². The van der Waals surface area contributed by atoms with E-state index in [9.17, 15) is 4.79 Å². The maximum absolute atomic E-state index is 12.0. The van der Waals surface area contributed by atoms with Gasteiger partial charge in [0.15, 0.2) is 0 Å². The number of halogens is 1. The summed E-state index contributed by atoms with van der Waals surface area (Å²) in [6.45, 7) is 2.75. The Kier molecular flexibility index (Phi) is 7.47. The minimum Gasteiger partial charge on any atom is -0.495 e. The molecule has 2 N–H and O–H groups in total. The van der Waals surface area contributed by atoms with Gasteiger partial charge in [-0.3, -0.25) is 4.79 Å². The summed E-state index contributed by atoms with van der Waals surface area (Å²) in [6.07, 6.45) is 6.06. The lowest BCUT2D eigenvalue weighted by Gasteiger charge is -2.13. The third-order valence-electron chi connectivity index (χ3n) is 3.69. The van der Waals surface area contributed by atoms with Gasteiger partial charge in [-0.05, 0) is 6.42 Å². The summed E-state index contributed by atoms with van der Waals surface area (Å²) in [7, 11) is 3.08. The highest BCUT2D eigenvalue weighted by atomic mass is 35.5. The van der Waals surface area contributed by atoms with E-state index in [0.29, 0.717) is 34.6 Å². The molecule has 0 aliphatic heterocycles. The van der Waals surface area contributed by atoms with E-state index in [-0.39, 0.29) is 11.6 Å². The molecule has 0 aliphatic carbocycles. The third-order valence-corrected chi connectivity index (χ3v) is 3.98. The first-order valence-electron chi connectivity index (χ1n) is 8.37. The van der Waals surface area contributed by atoms with Crippen molar-refractivity contribution < 1.29 is 14.3 Å². The Hall–Kier alpha value is -2.54. The Morgan fingerprint density at radius 2 is 1.88 bits per heavy atom. The first-order chi connectivity index (χ1) is 12.6. The molecule has 1 heterocycles. The second-order valence-corrected chi connectivity index (χ2v) is 5.97. The molecule has 0 saturated heterocycles. The van der Waals surface area contributed by atoms with Gasteiger partial charge in [0.25, 0.3) is 5.91 Å². The first kappa shape index (κ1) is 19.8. The normalized spacial score (nSPS) is 10.3. The summed E-state index contributed by atoms with van der Waals surface area (Å²) < 4.78 is 10.5. The SMILES string of the molecule is CCCCCNC(=O)c1cnc(Nc2cc(OC)c(Cl)cc2OC)cn1. The van der Waals surface area contributed by atoms with Gasteiger partial charge in [0.1, 0.15) is 23.0 Å². The Labute approximate surface area is 158 Å². The lowest BCUT2D eigenvalue weighted by molar-refractivity contribution is 0.0947. The van der Waals surface area contributed by atoms with E-state index >= 15 is 0 Å². The van der Waals surface area contributed by atoms with E-state index < -0.39 is 0 Å². The zero-order valence-corrected chi connectivity index (χ0v) is 15.9. The number of carbonyl (C=O) groups excluding carboxylic acids is 1. The molecular formula is C18H23ClN4O3. The van der Waals surface area contributed by atoms with Crippen LogP contribution in [0.25, 0.3) is 0 Å². The fraction of sp³-hybridized carbons (Fsp3) is 0.389. The fourth-order valence-electron chi connectivity index (χ4n) is 2.27. The van der Waals surface area contributed by atoms with Crippen LogP contribution in [0.4, 0.5) is 11.5 Å². The molecule has 0 unspecified atom stereocenters. The summed E-state index contributed by atoms with van der Waals surface area (Å²) in [5.41, 5.74) is 0.896. The van der Waals surface area contributed by atoms with Gasteiger partial charge in [-0.15, -0.1) is 0 Å². The molecule has 1 aromatic carbocycles. The number of unbranched alkanes of at least 4 members (excludes halogenated alkanes) is 2. The van der Waals surface area contributed by atoms with Crippen molar-refractivity contribution >= 4 is 29.0 Å². The molecular weight excluding hydrogens is 356 g/mol. The number of anilines is 2. The number of rotatable bonds is 9. The van der Waals surface area contributed by atoms with Gasteiger partial charge in [-0.2, -0.15) is 0 Å². The van der Waals surface area contributed by atoms with Gasteiger partial charge in [0, 0.05) is 18.7 Å². The Bertz CT molecular complexity index is 738.